The molecule has 0 saturated carbocycles. The van der Waals surface area contributed by atoms with Crippen molar-refractivity contribution in [2.75, 3.05) is 0 Å². The van der Waals surface area contributed by atoms with Crippen molar-refractivity contribution in [3.8, 4) is 5.75 Å². The van der Waals surface area contributed by atoms with Crippen LogP contribution in [0, 0.1) is 6.07 Å². The summed E-state index contributed by atoms with van der Waals surface area (Å²) < 4.78 is 5.54. The zero-order chi connectivity index (χ0) is 8.93. The molecule has 65 valence electrons. The van der Waals surface area contributed by atoms with E-state index in [1.807, 2.05) is 24.3 Å². The van der Waals surface area contributed by atoms with E-state index in [2.05, 4.69) is 22.9 Å². The first-order valence-electron chi connectivity index (χ1n) is 4.05. The van der Waals surface area contributed by atoms with Crippen LogP contribution in [0.15, 0.2) is 41.1 Å². The second-order valence-electron chi connectivity index (χ2n) is 2.66. The molecule has 13 heavy (non-hydrogen) atoms. The number of ether oxygens (including phenoxy) is 1. The molecule has 0 aliphatic carbocycles. The summed E-state index contributed by atoms with van der Waals surface area (Å²) in [6.45, 7) is 0.646. The number of hydrogen-bond donors (Lipinski definition) is 0. The first kappa shape index (κ1) is 8.32. The van der Waals surface area contributed by atoms with Gasteiger partial charge in [0.2, 0.25) is 0 Å². The van der Waals surface area contributed by atoms with Crippen molar-refractivity contribution in [3.63, 3.8) is 0 Å². The number of hydrogen-bond acceptors (Lipinski definition) is 2. The fraction of sp³-hybridized carbons (Fsp3) is 0.0909. The van der Waals surface area contributed by atoms with Crippen molar-refractivity contribution in [3.05, 3.63) is 52.7 Å². The Balaban J connectivity index is 1.94. The maximum atomic E-state index is 5.54. The van der Waals surface area contributed by atoms with E-state index in [4.69, 9.17) is 4.74 Å². The monoisotopic (exact) mass is 189 g/mol. The largest absolute Gasteiger partial charge is 0.489 e. The van der Waals surface area contributed by atoms with Gasteiger partial charge in [-0.25, -0.2) is 0 Å². The maximum absolute atomic E-state index is 5.54. The first-order valence-corrected chi connectivity index (χ1v) is 4.99. The standard InChI is InChI=1S/C11H9OS/c1-2-4-11(5-3-1)12-8-10-6-7-13-9-10/h2-7,9H,8H2. The lowest BCUT2D eigenvalue weighted by Crippen LogP contribution is -1.92. The van der Waals surface area contributed by atoms with Crippen molar-refractivity contribution in [1.82, 2.24) is 0 Å². The van der Waals surface area contributed by atoms with Crippen LogP contribution in [0.2, 0.25) is 0 Å². The van der Waals surface area contributed by atoms with Crippen molar-refractivity contribution in [1.29, 1.82) is 0 Å². The Morgan fingerprint density at radius 3 is 2.77 bits per heavy atom. The topological polar surface area (TPSA) is 9.23 Å². The molecule has 2 heteroatoms. The van der Waals surface area contributed by atoms with E-state index < -0.39 is 0 Å². The highest BCUT2D eigenvalue weighted by atomic mass is 32.1. The molecular formula is C11H9OS. The minimum absolute atomic E-state index is 0.646. The van der Waals surface area contributed by atoms with E-state index >= 15 is 0 Å². The van der Waals surface area contributed by atoms with Crippen LogP contribution in [0.25, 0.3) is 0 Å². The van der Waals surface area contributed by atoms with Crippen LogP contribution in [0.5, 0.6) is 5.75 Å². The predicted molar refractivity (Wildman–Crippen MR) is 53.9 cm³/mol. The van der Waals surface area contributed by atoms with Gasteiger partial charge in [-0.1, -0.05) is 12.1 Å². The summed E-state index contributed by atoms with van der Waals surface area (Å²) in [5.74, 6) is 0.893. The Hall–Kier alpha value is -1.28. The fourth-order valence-corrected chi connectivity index (χ4v) is 1.66. The third-order valence-electron chi connectivity index (χ3n) is 1.67. The Bertz CT molecular complexity index is 340. The normalized spacial score (nSPS) is 9.85. The molecule has 0 bridgehead atoms. The molecule has 1 heterocycles. The van der Waals surface area contributed by atoms with Crippen LogP contribution in [0.1, 0.15) is 5.56 Å². The predicted octanol–water partition coefficient (Wildman–Crippen LogP) is 3.13. The van der Waals surface area contributed by atoms with Gasteiger partial charge in [-0.3, -0.25) is 0 Å². The van der Waals surface area contributed by atoms with Crippen molar-refractivity contribution in [2.45, 2.75) is 6.61 Å². The molecule has 0 saturated heterocycles. The molecule has 2 rings (SSSR count). The van der Waals surface area contributed by atoms with E-state index in [0.29, 0.717) is 6.61 Å². The average molecular weight is 189 g/mol. The lowest BCUT2D eigenvalue weighted by molar-refractivity contribution is 0.307. The van der Waals surface area contributed by atoms with Gasteiger partial charge in [-0.2, -0.15) is 11.3 Å². The Kier molecular flexibility index (Phi) is 2.62. The highest BCUT2D eigenvalue weighted by molar-refractivity contribution is 7.07. The lowest BCUT2D eigenvalue weighted by Gasteiger charge is -2.02. The molecule has 0 aliphatic rings. The van der Waals surface area contributed by atoms with Crippen LogP contribution in [0.3, 0.4) is 0 Å². The van der Waals surface area contributed by atoms with Crippen LogP contribution in [-0.4, -0.2) is 0 Å². The van der Waals surface area contributed by atoms with Gasteiger partial charge in [0.15, 0.2) is 0 Å². The maximum Gasteiger partial charge on any atom is 0.119 e. The van der Waals surface area contributed by atoms with Crippen LogP contribution >= 0.6 is 11.3 Å². The zero-order valence-electron chi connectivity index (χ0n) is 7.07. The minimum atomic E-state index is 0.646. The molecular weight excluding hydrogens is 180 g/mol. The second kappa shape index (κ2) is 4.10. The van der Waals surface area contributed by atoms with E-state index in [0.717, 1.165) is 5.75 Å². The van der Waals surface area contributed by atoms with Gasteiger partial charge >= 0.3 is 0 Å². The summed E-state index contributed by atoms with van der Waals surface area (Å²) in [4.78, 5) is 0. The van der Waals surface area contributed by atoms with E-state index in [1.54, 1.807) is 11.3 Å². The van der Waals surface area contributed by atoms with Gasteiger partial charge in [0.25, 0.3) is 0 Å². The van der Waals surface area contributed by atoms with Crippen LogP contribution < -0.4 is 4.74 Å². The average Bonchev–Trinajstić information content (AvgIpc) is 2.69. The highest BCUT2D eigenvalue weighted by Crippen LogP contribution is 2.12. The van der Waals surface area contributed by atoms with E-state index in [1.165, 1.54) is 5.56 Å². The summed E-state index contributed by atoms with van der Waals surface area (Å²) in [7, 11) is 0. The van der Waals surface area contributed by atoms with Crippen LogP contribution in [0.4, 0.5) is 0 Å². The lowest BCUT2D eigenvalue weighted by atomic mass is 10.3. The SMILES string of the molecule is [c]1ccc(OCc2ccsc2)cc1. The summed E-state index contributed by atoms with van der Waals surface area (Å²) >= 11 is 1.69. The van der Waals surface area contributed by atoms with Crippen LogP contribution in [-0.2, 0) is 6.61 Å². The van der Waals surface area contributed by atoms with E-state index in [-0.39, 0.29) is 0 Å². The minimum Gasteiger partial charge on any atom is -0.489 e. The first-order chi connectivity index (χ1) is 6.45. The molecule has 0 N–H and O–H groups in total. The molecule has 0 unspecified atom stereocenters. The van der Waals surface area contributed by atoms with Gasteiger partial charge in [-0.15, -0.1) is 0 Å². The summed E-state index contributed by atoms with van der Waals surface area (Å²) in [5, 5.41) is 4.15. The highest BCUT2D eigenvalue weighted by Gasteiger charge is 1.94. The molecule has 1 radical (unpaired) electrons. The Morgan fingerprint density at radius 2 is 2.08 bits per heavy atom. The smallest absolute Gasteiger partial charge is 0.119 e. The third kappa shape index (κ3) is 2.33. The third-order valence-corrected chi connectivity index (χ3v) is 2.41. The summed E-state index contributed by atoms with van der Waals surface area (Å²) in [5.41, 5.74) is 1.22. The summed E-state index contributed by atoms with van der Waals surface area (Å²) in [6, 6.07) is 12.5. The molecule has 1 aromatic heterocycles. The second-order valence-corrected chi connectivity index (χ2v) is 3.44. The molecule has 1 aromatic carbocycles. The molecule has 2 aromatic rings. The fourth-order valence-electron chi connectivity index (χ4n) is 1.01. The van der Waals surface area contributed by atoms with Gasteiger partial charge < -0.3 is 4.74 Å². The zero-order valence-corrected chi connectivity index (χ0v) is 7.88. The molecule has 0 atom stereocenters. The van der Waals surface area contributed by atoms with Gasteiger partial charge in [0.05, 0.1) is 0 Å². The quantitative estimate of drug-likeness (QED) is 0.720. The molecule has 0 amide bonds. The number of benzene rings is 1. The molecule has 1 nitrogen and oxygen atoms in total. The molecule has 0 aliphatic heterocycles. The van der Waals surface area contributed by atoms with Crippen molar-refractivity contribution < 1.29 is 4.74 Å². The van der Waals surface area contributed by atoms with Gasteiger partial charge in [-0.05, 0) is 40.6 Å². The van der Waals surface area contributed by atoms with Gasteiger partial charge in [0, 0.05) is 0 Å². The van der Waals surface area contributed by atoms with Crippen molar-refractivity contribution in [2.24, 2.45) is 0 Å². The molecule has 0 fully saturated rings. The Morgan fingerprint density at radius 1 is 1.23 bits per heavy atom. The van der Waals surface area contributed by atoms with E-state index in [9.17, 15) is 0 Å². The Labute approximate surface area is 81.6 Å². The van der Waals surface area contributed by atoms with Gasteiger partial charge in [0.1, 0.15) is 12.4 Å². The number of thiophene rings is 1. The summed E-state index contributed by atoms with van der Waals surface area (Å²) in [6.07, 6.45) is 0. The van der Waals surface area contributed by atoms with Crippen molar-refractivity contribution >= 4 is 11.3 Å². The number of rotatable bonds is 3. The molecule has 0 spiro atoms.